The second-order valence-electron chi connectivity index (χ2n) is 8.03. The molecule has 1 atom stereocenters. The molecule has 10 heteroatoms. The van der Waals surface area contributed by atoms with E-state index in [1.54, 1.807) is 30.3 Å². The van der Waals surface area contributed by atoms with Crippen LogP contribution in [0.5, 0.6) is 0 Å². The van der Waals surface area contributed by atoms with Crippen molar-refractivity contribution in [2.24, 2.45) is 0 Å². The van der Waals surface area contributed by atoms with Gasteiger partial charge in [0.25, 0.3) is 0 Å². The highest BCUT2D eigenvalue weighted by Gasteiger charge is 2.28. The van der Waals surface area contributed by atoms with Gasteiger partial charge in [-0.25, -0.2) is 8.42 Å². The molecular formula is C24H31Cl2N3O4S. The monoisotopic (exact) mass is 527 g/mol. The SMILES string of the molecule is CCC(C(=O)NC)N(Cc1ccc(Cl)c(Cl)c1)C(=O)CCCN(c1ccccc1C)S(C)(=O)=O. The number of aryl methyl sites for hydroxylation is 1. The van der Waals surface area contributed by atoms with Gasteiger partial charge in [-0.2, -0.15) is 0 Å². The largest absolute Gasteiger partial charge is 0.357 e. The number of para-hydroxylation sites is 1. The second-order valence-corrected chi connectivity index (χ2v) is 10.8. The Morgan fingerprint density at radius 1 is 1.09 bits per heavy atom. The van der Waals surface area contributed by atoms with Crippen LogP contribution in [0.3, 0.4) is 0 Å². The van der Waals surface area contributed by atoms with E-state index >= 15 is 0 Å². The van der Waals surface area contributed by atoms with Crippen LogP contribution in [-0.4, -0.2) is 51.0 Å². The lowest BCUT2D eigenvalue weighted by molar-refractivity contribution is -0.141. The molecule has 2 amide bonds. The molecule has 1 unspecified atom stereocenters. The predicted molar refractivity (Wildman–Crippen MR) is 138 cm³/mol. The highest BCUT2D eigenvalue weighted by molar-refractivity contribution is 7.92. The molecule has 0 aliphatic carbocycles. The summed E-state index contributed by atoms with van der Waals surface area (Å²) in [5, 5.41) is 3.38. The first-order valence-electron chi connectivity index (χ1n) is 11.0. The summed E-state index contributed by atoms with van der Waals surface area (Å²) in [6, 6.07) is 11.6. The van der Waals surface area contributed by atoms with E-state index in [1.807, 2.05) is 26.0 Å². The van der Waals surface area contributed by atoms with E-state index in [9.17, 15) is 18.0 Å². The van der Waals surface area contributed by atoms with Gasteiger partial charge in [0.1, 0.15) is 6.04 Å². The van der Waals surface area contributed by atoms with Crippen LogP contribution in [0.25, 0.3) is 0 Å². The lowest BCUT2D eigenvalue weighted by atomic mass is 10.1. The summed E-state index contributed by atoms with van der Waals surface area (Å²) in [6.07, 6.45) is 1.94. The number of likely N-dealkylation sites (N-methyl/N-ethyl adjacent to an activating group) is 1. The van der Waals surface area contributed by atoms with E-state index in [0.717, 1.165) is 17.4 Å². The molecule has 0 aromatic heterocycles. The average molecular weight is 529 g/mol. The van der Waals surface area contributed by atoms with Gasteiger partial charge in [0, 0.05) is 26.6 Å². The van der Waals surface area contributed by atoms with Gasteiger partial charge in [-0.05, 0) is 49.1 Å². The average Bonchev–Trinajstić information content (AvgIpc) is 2.78. The summed E-state index contributed by atoms with van der Waals surface area (Å²) in [4.78, 5) is 27.3. The van der Waals surface area contributed by atoms with Crippen LogP contribution in [0.2, 0.25) is 10.0 Å². The summed E-state index contributed by atoms with van der Waals surface area (Å²) in [5.74, 6) is -0.520. The maximum absolute atomic E-state index is 13.3. The number of nitrogens with one attached hydrogen (secondary N) is 1. The molecule has 2 aromatic carbocycles. The van der Waals surface area contributed by atoms with E-state index < -0.39 is 16.1 Å². The van der Waals surface area contributed by atoms with E-state index in [2.05, 4.69) is 5.32 Å². The Balaban J connectivity index is 2.22. The Bertz CT molecular complexity index is 1120. The number of rotatable bonds is 11. The topological polar surface area (TPSA) is 86.8 Å². The van der Waals surface area contributed by atoms with E-state index in [1.165, 1.54) is 16.3 Å². The smallest absolute Gasteiger partial charge is 0.242 e. The lowest BCUT2D eigenvalue weighted by Crippen LogP contribution is -2.48. The van der Waals surface area contributed by atoms with Crippen molar-refractivity contribution in [3.63, 3.8) is 0 Å². The van der Waals surface area contributed by atoms with Crippen LogP contribution >= 0.6 is 23.2 Å². The summed E-state index contributed by atoms with van der Waals surface area (Å²) in [6.45, 7) is 3.99. The number of halogens is 2. The Hall–Kier alpha value is -2.29. The number of benzene rings is 2. The lowest BCUT2D eigenvalue weighted by Gasteiger charge is -2.31. The molecule has 0 saturated carbocycles. The summed E-state index contributed by atoms with van der Waals surface area (Å²) < 4.78 is 26.2. The van der Waals surface area contributed by atoms with Crippen LogP contribution < -0.4 is 9.62 Å². The van der Waals surface area contributed by atoms with Crippen LogP contribution in [0.4, 0.5) is 5.69 Å². The number of nitrogens with zero attached hydrogens (tertiary/aromatic N) is 2. The van der Waals surface area contributed by atoms with Gasteiger partial charge >= 0.3 is 0 Å². The first-order chi connectivity index (χ1) is 16.0. The summed E-state index contributed by atoms with van der Waals surface area (Å²) >= 11 is 12.1. The summed E-state index contributed by atoms with van der Waals surface area (Å²) in [5.41, 5.74) is 2.15. The molecule has 0 radical (unpaired) electrons. The molecule has 1 N–H and O–H groups in total. The molecule has 2 aromatic rings. The van der Waals surface area contributed by atoms with Crippen molar-refractivity contribution < 1.29 is 18.0 Å². The Morgan fingerprint density at radius 2 is 1.76 bits per heavy atom. The number of sulfonamides is 1. The third-order valence-corrected chi connectivity index (χ3v) is 7.42. The van der Waals surface area contributed by atoms with Crippen molar-refractivity contribution in [1.29, 1.82) is 0 Å². The van der Waals surface area contributed by atoms with E-state index in [0.29, 0.717) is 28.6 Å². The minimum Gasteiger partial charge on any atom is -0.357 e. The van der Waals surface area contributed by atoms with Crippen molar-refractivity contribution in [3.8, 4) is 0 Å². The highest BCUT2D eigenvalue weighted by Crippen LogP contribution is 2.25. The highest BCUT2D eigenvalue weighted by atomic mass is 35.5. The number of anilines is 1. The molecule has 2 rings (SSSR count). The van der Waals surface area contributed by atoms with Crippen LogP contribution in [0.1, 0.15) is 37.3 Å². The normalized spacial score (nSPS) is 12.2. The molecule has 0 fully saturated rings. The van der Waals surface area contributed by atoms with E-state index in [-0.39, 0.29) is 31.3 Å². The number of carbonyl (C=O) groups is 2. The van der Waals surface area contributed by atoms with Crippen LogP contribution in [0.15, 0.2) is 42.5 Å². The zero-order chi connectivity index (χ0) is 25.5. The number of hydrogen-bond donors (Lipinski definition) is 1. The zero-order valence-electron chi connectivity index (χ0n) is 19.8. The third kappa shape index (κ3) is 7.35. The van der Waals surface area contributed by atoms with Gasteiger partial charge < -0.3 is 10.2 Å². The molecule has 186 valence electrons. The number of carbonyl (C=O) groups excluding carboxylic acids is 2. The molecule has 0 saturated heterocycles. The van der Waals surface area contributed by atoms with Crippen molar-refractivity contribution in [2.45, 2.75) is 45.7 Å². The molecule has 0 spiro atoms. The quantitative estimate of drug-likeness (QED) is 0.469. The number of hydrogen-bond acceptors (Lipinski definition) is 4. The molecular weight excluding hydrogens is 497 g/mol. The molecule has 34 heavy (non-hydrogen) atoms. The standard InChI is InChI=1S/C24H31Cl2N3O4S/c1-5-21(24(31)27-3)28(16-18-12-13-19(25)20(26)15-18)23(30)11-8-14-29(34(4,32)33)22-10-7-6-9-17(22)2/h6-7,9-10,12-13,15,21H,5,8,11,14,16H2,1-4H3,(H,27,31). The maximum atomic E-state index is 13.3. The van der Waals surface area contributed by atoms with Gasteiger partial charge in [-0.3, -0.25) is 13.9 Å². The predicted octanol–water partition coefficient (Wildman–Crippen LogP) is 4.40. The van der Waals surface area contributed by atoms with Gasteiger partial charge in [-0.1, -0.05) is 54.4 Å². The minimum atomic E-state index is -3.54. The summed E-state index contributed by atoms with van der Waals surface area (Å²) in [7, 11) is -2.01. The minimum absolute atomic E-state index is 0.0761. The maximum Gasteiger partial charge on any atom is 0.242 e. The fourth-order valence-corrected chi connectivity index (χ4v) is 5.09. The van der Waals surface area contributed by atoms with Crippen molar-refractivity contribution in [1.82, 2.24) is 10.2 Å². The molecule has 0 aliphatic heterocycles. The fourth-order valence-electron chi connectivity index (χ4n) is 3.75. The van der Waals surface area contributed by atoms with E-state index in [4.69, 9.17) is 23.2 Å². The molecule has 0 aliphatic rings. The number of amides is 2. The molecule has 7 nitrogen and oxygen atoms in total. The molecule has 0 heterocycles. The zero-order valence-corrected chi connectivity index (χ0v) is 22.2. The van der Waals surface area contributed by atoms with Crippen LogP contribution in [0, 0.1) is 6.92 Å². The van der Waals surface area contributed by atoms with Crippen LogP contribution in [-0.2, 0) is 26.2 Å². The van der Waals surface area contributed by atoms with Gasteiger partial charge in [0.05, 0.1) is 22.0 Å². The van der Waals surface area contributed by atoms with Gasteiger partial charge in [-0.15, -0.1) is 0 Å². The third-order valence-electron chi connectivity index (χ3n) is 5.51. The Kier molecular flexibility index (Phi) is 10.2. The van der Waals surface area contributed by atoms with Crippen molar-refractivity contribution in [3.05, 3.63) is 63.6 Å². The first-order valence-corrected chi connectivity index (χ1v) is 13.6. The van der Waals surface area contributed by atoms with Crippen molar-refractivity contribution >= 4 is 50.7 Å². The second kappa shape index (κ2) is 12.4. The Labute approximate surface area is 212 Å². The van der Waals surface area contributed by atoms with Gasteiger partial charge in [0.15, 0.2) is 0 Å². The molecule has 0 bridgehead atoms. The van der Waals surface area contributed by atoms with Crippen molar-refractivity contribution in [2.75, 3.05) is 24.2 Å². The van der Waals surface area contributed by atoms with Gasteiger partial charge in [0.2, 0.25) is 21.8 Å². The Morgan fingerprint density at radius 3 is 2.32 bits per heavy atom. The fraction of sp³-hybridized carbons (Fsp3) is 0.417. The first kappa shape index (κ1) is 28.0.